The molecule has 0 spiro atoms. The van der Waals surface area contributed by atoms with E-state index in [4.69, 9.17) is 0 Å². The van der Waals surface area contributed by atoms with Crippen molar-refractivity contribution < 1.29 is 4.79 Å². The van der Waals surface area contributed by atoms with Gasteiger partial charge in [0.1, 0.15) is 5.78 Å². The Labute approximate surface area is 67.2 Å². The maximum Gasteiger partial charge on any atom is 0.136 e. The van der Waals surface area contributed by atoms with E-state index in [1.54, 1.807) is 0 Å². The quantitative estimate of drug-likeness (QED) is 0.516. The highest BCUT2D eigenvalue weighted by atomic mass is 16.1. The van der Waals surface area contributed by atoms with Gasteiger partial charge < -0.3 is 0 Å². The molecule has 0 aromatic heterocycles. The van der Waals surface area contributed by atoms with Gasteiger partial charge in [-0.15, -0.1) is 0 Å². The largest absolute Gasteiger partial charge is 0.299 e. The van der Waals surface area contributed by atoms with Gasteiger partial charge in [0.2, 0.25) is 0 Å². The van der Waals surface area contributed by atoms with Crippen LogP contribution in [-0.2, 0) is 4.79 Å². The normalized spacial score (nSPS) is 53.6. The molecule has 0 N–H and O–H groups in total. The van der Waals surface area contributed by atoms with E-state index >= 15 is 0 Å². The number of rotatable bonds is 0. The second-order valence-electron chi connectivity index (χ2n) is 4.53. The SMILES string of the molecule is O=C1C[C@H]2C[C@@H]1C1CCCC12. The lowest BCUT2D eigenvalue weighted by molar-refractivity contribution is -0.123. The summed E-state index contributed by atoms with van der Waals surface area (Å²) < 4.78 is 0. The predicted octanol–water partition coefficient (Wildman–Crippen LogP) is 2.01. The van der Waals surface area contributed by atoms with Crippen molar-refractivity contribution in [1.29, 1.82) is 0 Å². The molecule has 0 radical (unpaired) electrons. The minimum atomic E-state index is 0.521. The molecule has 0 saturated heterocycles. The summed E-state index contributed by atoms with van der Waals surface area (Å²) in [7, 11) is 0. The van der Waals surface area contributed by atoms with Crippen LogP contribution in [0, 0.1) is 23.7 Å². The third kappa shape index (κ3) is 0.646. The van der Waals surface area contributed by atoms with E-state index in [0.717, 1.165) is 24.2 Å². The average Bonchev–Trinajstić information content (AvgIpc) is 2.52. The Morgan fingerprint density at radius 3 is 2.91 bits per heavy atom. The summed E-state index contributed by atoms with van der Waals surface area (Å²) in [6.45, 7) is 0. The van der Waals surface area contributed by atoms with Gasteiger partial charge in [-0.05, 0) is 37.0 Å². The van der Waals surface area contributed by atoms with Gasteiger partial charge in [0.15, 0.2) is 0 Å². The van der Waals surface area contributed by atoms with Gasteiger partial charge in [-0.2, -0.15) is 0 Å². The zero-order valence-electron chi connectivity index (χ0n) is 6.75. The fraction of sp³-hybridized carbons (Fsp3) is 0.900. The smallest absolute Gasteiger partial charge is 0.136 e. The highest BCUT2D eigenvalue weighted by Crippen LogP contribution is 2.57. The molecule has 0 aromatic carbocycles. The molecule has 3 rings (SSSR count). The third-order valence-corrected chi connectivity index (χ3v) is 4.18. The van der Waals surface area contributed by atoms with Crippen LogP contribution in [0.15, 0.2) is 0 Å². The van der Waals surface area contributed by atoms with Crippen LogP contribution in [0.5, 0.6) is 0 Å². The summed E-state index contributed by atoms with van der Waals surface area (Å²) in [6, 6.07) is 0. The van der Waals surface area contributed by atoms with Crippen LogP contribution in [0.1, 0.15) is 32.1 Å². The van der Waals surface area contributed by atoms with Crippen molar-refractivity contribution in [2.24, 2.45) is 23.7 Å². The van der Waals surface area contributed by atoms with Crippen molar-refractivity contribution in [3.8, 4) is 0 Å². The highest BCUT2D eigenvalue weighted by molar-refractivity contribution is 5.85. The van der Waals surface area contributed by atoms with Crippen LogP contribution in [-0.4, -0.2) is 5.78 Å². The van der Waals surface area contributed by atoms with Crippen molar-refractivity contribution in [2.75, 3.05) is 0 Å². The van der Waals surface area contributed by atoms with Crippen molar-refractivity contribution in [1.82, 2.24) is 0 Å². The van der Waals surface area contributed by atoms with E-state index in [0.29, 0.717) is 11.7 Å². The molecular weight excluding hydrogens is 136 g/mol. The van der Waals surface area contributed by atoms with Crippen molar-refractivity contribution >= 4 is 5.78 Å². The summed E-state index contributed by atoms with van der Waals surface area (Å²) in [5.74, 6) is 3.74. The Morgan fingerprint density at radius 2 is 2.00 bits per heavy atom. The number of hydrogen-bond donors (Lipinski definition) is 0. The first kappa shape index (κ1) is 6.22. The minimum Gasteiger partial charge on any atom is -0.299 e. The first-order valence-electron chi connectivity index (χ1n) is 4.89. The van der Waals surface area contributed by atoms with Gasteiger partial charge in [0.25, 0.3) is 0 Å². The van der Waals surface area contributed by atoms with E-state index < -0.39 is 0 Å². The fourth-order valence-corrected chi connectivity index (χ4v) is 3.79. The Morgan fingerprint density at radius 1 is 1.18 bits per heavy atom. The maximum absolute atomic E-state index is 11.4. The summed E-state index contributed by atoms with van der Waals surface area (Å²) in [6.07, 6.45) is 6.38. The van der Waals surface area contributed by atoms with Crippen LogP contribution in [0.3, 0.4) is 0 Å². The Kier molecular flexibility index (Phi) is 1.06. The van der Waals surface area contributed by atoms with Crippen LogP contribution >= 0.6 is 0 Å². The molecular formula is C10H14O. The molecule has 3 aliphatic rings. The van der Waals surface area contributed by atoms with Gasteiger partial charge in [-0.25, -0.2) is 0 Å². The van der Waals surface area contributed by atoms with Gasteiger partial charge >= 0.3 is 0 Å². The summed E-state index contributed by atoms with van der Waals surface area (Å²) in [4.78, 5) is 11.4. The van der Waals surface area contributed by atoms with Crippen LogP contribution in [0.2, 0.25) is 0 Å². The molecule has 1 heteroatoms. The third-order valence-electron chi connectivity index (χ3n) is 4.18. The molecule has 3 fully saturated rings. The molecule has 0 amide bonds. The highest BCUT2D eigenvalue weighted by Gasteiger charge is 2.53. The Bertz CT molecular complexity index is 209. The van der Waals surface area contributed by atoms with Crippen molar-refractivity contribution in [3.63, 3.8) is 0 Å². The molecule has 0 aromatic rings. The first-order chi connectivity index (χ1) is 5.36. The molecule has 2 unspecified atom stereocenters. The molecule has 3 saturated carbocycles. The van der Waals surface area contributed by atoms with Gasteiger partial charge in [-0.1, -0.05) is 6.42 Å². The van der Waals surface area contributed by atoms with E-state index in [2.05, 4.69) is 0 Å². The predicted molar refractivity (Wildman–Crippen MR) is 42.1 cm³/mol. The first-order valence-corrected chi connectivity index (χ1v) is 4.89. The standard InChI is InChI=1S/C10H14O/c11-10-5-6-4-9(10)8-3-1-2-7(6)8/h6-9H,1-5H2/t6-,7?,8?,9-/m1/s1. The lowest BCUT2D eigenvalue weighted by atomic mass is 9.81. The van der Waals surface area contributed by atoms with E-state index in [1.165, 1.54) is 25.7 Å². The lowest BCUT2D eigenvalue weighted by Gasteiger charge is -2.22. The monoisotopic (exact) mass is 150 g/mol. The minimum absolute atomic E-state index is 0.521. The second kappa shape index (κ2) is 1.88. The van der Waals surface area contributed by atoms with Crippen molar-refractivity contribution in [2.45, 2.75) is 32.1 Å². The number of fused-ring (bicyclic) bond motifs is 5. The van der Waals surface area contributed by atoms with Gasteiger partial charge in [0.05, 0.1) is 0 Å². The number of hydrogen-bond acceptors (Lipinski definition) is 1. The Balaban J connectivity index is 1.95. The van der Waals surface area contributed by atoms with E-state index in [-0.39, 0.29) is 0 Å². The number of Topliss-reactive ketones (excluding diaryl/α,β-unsaturated/α-hetero) is 1. The van der Waals surface area contributed by atoms with Gasteiger partial charge in [-0.3, -0.25) is 4.79 Å². The topological polar surface area (TPSA) is 17.1 Å². The van der Waals surface area contributed by atoms with Crippen LogP contribution < -0.4 is 0 Å². The molecule has 4 atom stereocenters. The molecule has 11 heavy (non-hydrogen) atoms. The van der Waals surface area contributed by atoms with Gasteiger partial charge in [0, 0.05) is 12.3 Å². The number of carbonyl (C=O) groups is 1. The molecule has 1 nitrogen and oxygen atoms in total. The molecule has 0 heterocycles. The summed E-state index contributed by atoms with van der Waals surface area (Å²) >= 11 is 0. The number of carbonyl (C=O) groups excluding carboxylic acids is 1. The fourth-order valence-electron chi connectivity index (χ4n) is 3.79. The molecule has 3 aliphatic carbocycles. The molecule has 60 valence electrons. The van der Waals surface area contributed by atoms with Crippen LogP contribution in [0.4, 0.5) is 0 Å². The van der Waals surface area contributed by atoms with Crippen LogP contribution in [0.25, 0.3) is 0 Å². The summed E-state index contributed by atoms with van der Waals surface area (Å²) in [5.41, 5.74) is 0. The zero-order chi connectivity index (χ0) is 7.42. The molecule has 2 bridgehead atoms. The van der Waals surface area contributed by atoms with Crippen molar-refractivity contribution in [3.05, 3.63) is 0 Å². The number of ketones is 1. The van der Waals surface area contributed by atoms with E-state index in [1.807, 2.05) is 0 Å². The maximum atomic E-state index is 11.4. The molecule has 0 aliphatic heterocycles. The zero-order valence-corrected chi connectivity index (χ0v) is 6.75. The van der Waals surface area contributed by atoms with E-state index in [9.17, 15) is 4.79 Å². The summed E-state index contributed by atoms with van der Waals surface area (Å²) in [5, 5.41) is 0. The average molecular weight is 150 g/mol. The Hall–Kier alpha value is -0.330. The lowest BCUT2D eigenvalue weighted by Crippen LogP contribution is -2.23. The second-order valence-corrected chi connectivity index (χ2v) is 4.53.